The number of hydrogen-bond donors (Lipinski definition) is 1. The van der Waals surface area contributed by atoms with E-state index in [4.69, 9.17) is 16.3 Å². The lowest BCUT2D eigenvalue weighted by Gasteiger charge is -2.06. The standard InChI is InChI=1S/C12H15ClN2O2/c1-9(2)8-17-7-6-14-12(16)10-4-3-5-11(13)15-10/h3-5H,1,6-8H2,2H3,(H,14,16). The number of amides is 1. The van der Waals surface area contributed by atoms with Crippen molar-refractivity contribution in [2.45, 2.75) is 6.92 Å². The van der Waals surface area contributed by atoms with Gasteiger partial charge in [-0.15, -0.1) is 0 Å². The van der Waals surface area contributed by atoms with Gasteiger partial charge in [0.05, 0.1) is 13.2 Å². The number of hydrogen-bond acceptors (Lipinski definition) is 3. The van der Waals surface area contributed by atoms with Crippen LogP contribution in [0.15, 0.2) is 30.4 Å². The Bertz CT molecular complexity index is 407. The summed E-state index contributed by atoms with van der Waals surface area (Å²) in [5, 5.41) is 2.99. The highest BCUT2D eigenvalue weighted by Crippen LogP contribution is 2.04. The average Bonchev–Trinajstić information content (AvgIpc) is 2.28. The van der Waals surface area contributed by atoms with Crippen molar-refractivity contribution in [1.29, 1.82) is 0 Å². The minimum absolute atomic E-state index is 0.258. The smallest absolute Gasteiger partial charge is 0.270 e. The Morgan fingerprint density at radius 1 is 1.59 bits per heavy atom. The molecule has 0 saturated carbocycles. The maximum atomic E-state index is 11.6. The minimum Gasteiger partial charge on any atom is -0.375 e. The molecule has 0 aliphatic heterocycles. The summed E-state index contributed by atoms with van der Waals surface area (Å²) in [5.41, 5.74) is 1.25. The number of nitrogens with one attached hydrogen (secondary N) is 1. The molecule has 1 heterocycles. The molecular formula is C12H15ClN2O2. The highest BCUT2D eigenvalue weighted by molar-refractivity contribution is 6.29. The van der Waals surface area contributed by atoms with Gasteiger partial charge in [-0.2, -0.15) is 0 Å². The minimum atomic E-state index is -0.258. The van der Waals surface area contributed by atoms with Gasteiger partial charge in [0.25, 0.3) is 5.91 Å². The number of halogens is 1. The van der Waals surface area contributed by atoms with Crippen molar-refractivity contribution in [3.63, 3.8) is 0 Å². The first-order chi connectivity index (χ1) is 8.09. The van der Waals surface area contributed by atoms with E-state index < -0.39 is 0 Å². The highest BCUT2D eigenvalue weighted by atomic mass is 35.5. The molecule has 0 unspecified atom stereocenters. The summed E-state index contributed by atoms with van der Waals surface area (Å²) >= 11 is 5.68. The predicted octanol–water partition coefficient (Wildman–Crippen LogP) is 2.06. The van der Waals surface area contributed by atoms with Crippen molar-refractivity contribution in [2.75, 3.05) is 19.8 Å². The second-order valence-corrected chi connectivity index (χ2v) is 4.00. The second-order valence-electron chi connectivity index (χ2n) is 3.61. The van der Waals surface area contributed by atoms with Crippen LogP contribution in [0, 0.1) is 0 Å². The van der Waals surface area contributed by atoms with Gasteiger partial charge in [0, 0.05) is 6.54 Å². The van der Waals surface area contributed by atoms with E-state index in [2.05, 4.69) is 16.9 Å². The van der Waals surface area contributed by atoms with Gasteiger partial charge in [-0.1, -0.05) is 29.8 Å². The molecule has 1 aromatic heterocycles. The second kappa shape index (κ2) is 7.04. The molecule has 0 saturated heterocycles. The molecule has 1 aromatic rings. The molecule has 0 bridgehead atoms. The van der Waals surface area contributed by atoms with Crippen LogP contribution in [0.1, 0.15) is 17.4 Å². The van der Waals surface area contributed by atoms with Crippen LogP contribution in [0.3, 0.4) is 0 Å². The Kier molecular flexibility index (Phi) is 5.66. The van der Waals surface area contributed by atoms with Gasteiger partial charge in [0.2, 0.25) is 0 Å². The summed E-state index contributed by atoms with van der Waals surface area (Å²) in [7, 11) is 0. The van der Waals surface area contributed by atoms with Crippen molar-refractivity contribution in [1.82, 2.24) is 10.3 Å². The number of aromatic nitrogens is 1. The van der Waals surface area contributed by atoms with E-state index in [-0.39, 0.29) is 5.91 Å². The van der Waals surface area contributed by atoms with Crippen LogP contribution in [0.5, 0.6) is 0 Å². The zero-order valence-electron chi connectivity index (χ0n) is 9.70. The topological polar surface area (TPSA) is 51.2 Å². The average molecular weight is 255 g/mol. The summed E-state index contributed by atoms with van der Waals surface area (Å²) in [6.07, 6.45) is 0. The van der Waals surface area contributed by atoms with Gasteiger partial charge in [-0.05, 0) is 19.1 Å². The fourth-order valence-electron chi connectivity index (χ4n) is 1.11. The summed E-state index contributed by atoms with van der Waals surface area (Å²) in [5.74, 6) is -0.258. The third-order valence-electron chi connectivity index (χ3n) is 1.83. The first-order valence-corrected chi connectivity index (χ1v) is 5.60. The summed E-state index contributed by atoms with van der Waals surface area (Å²) in [4.78, 5) is 15.5. The first kappa shape index (κ1) is 13.7. The van der Waals surface area contributed by atoms with E-state index in [1.807, 2.05) is 6.92 Å². The summed E-state index contributed by atoms with van der Waals surface area (Å²) in [6.45, 7) is 6.97. The zero-order chi connectivity index (χ0) is 12.7. The monoisotopic (exact) mass is 254 g/mol. The number of nitrogens with zero attached hydrogens (tertiary/aromatic N) is 1. The van der Waals surface area contributed by atoms with E-state index >= 15 is 0 Å². The molecule has 1 rings (SSSR count). The van der Waals surface area contributed by atoms with Crippen LogP contribution >= 0.6 is 11.6 Å². The van der Waals surface area contributed by atoms with Crippen LogP contribution in [-0.4, -0.2) is 30.6 Å². The number of carbonyl (C=O) groups excluding carboxylic acids is 1. The molecule has 92 valence electrons. The van der Waals surface area contributed by atoms with Crippen LogP contribution in [0.25, 0.3) is 0 Å². The van der Waals surface area contributed by atoms with Crippen LogP contribution in [0.4, 0.5) is 0 Å². The Labute approximate surface area is 106 Å². The van der Waals surface area contributed by atoms with Crippen molar-refractivity contribution in [3.05, 3.63) is 41.2 Å². The predicted molar refractivity (Wildman–Crippen MR) is 67.2 cm³/mol. The Morgan fingerprint density at radius 3 is 3.00 bits per heavy atom. The molecule has 0 aromatic carbocycles. The molecular weight excluding hydrogens is 240 g/mol. The van der Waals surface area contributed by atoms with Crippen molar-refractivity contribution in [3.8, 4) is 0 Å². The normalized spacial score (nSPS) is 10.0. The maximum absolute atomic E-state index is 11.6. The lowest BCUT2D eigenvalue weighted by atomic mass is 10.3. The summed E-state index contributed by atoms with van der Waals surface area (Å²) < 4.78 is 5.24. The Balaban J connectivity index is 2.28. The molecule has 1 N–H and O–H groups in total. The van der Waals surface area contributed by atoms with E-state index in [0.29, 0.717) is 30.6 Å². The molecule has 0 radical (unpaired) electrons. The SMILES string of the molecule is C=C(C)COCCNC(=O)c1cccc(Cl)n1. The van der Waals surface area contributed by atoms with Gasteiger partial charge in [-0.3, -0.25) is 4.79 Å². The van der Waals surface area contributed by atoms with Crippen molar-refractivity contribution >= 4 is 17.5 Å². The number of pyridine rings is 1. The van der Waals surface area contributed by atoms with E-state index in [1.54, 1.807) is 18.2 Å². The van der Waals surface area contributed by atoms with Gasteiger partial charge >= 0.3 is 0 Å². The molecule has 17 heavy (non-hydrogen) atoms. The van der Waals surface area contributed by atoms with Gasteiger partial charge in [-0.25, -0.2) is 4.98 Å². The van der Waals surface area contributed by atoms with Gasteiger partial charge in [0.15, 0.2) is 0 Å². The fourth-order valence-corrected chi connectivity index (χ4v) is 1.27. The third-order valence-corrected chi connectivity index (χ3v) is 2.04. The van der Waals surface area contributed by atoms with Crippen LogP contribution in [0.2, 0.25) is 5.15 Å². The molecule has 5 heteroatoms. The van der Waals surface area contributed by atoms with E-state index in [0.717, 1.165) is 5.57 Å². The maximum Gasteiger partial charge on any atom is 0.270 e. The molecule has 0 atom stereocenters. The fraction of sp³-hybridized carbons (Fsp3) is 0.333. The van der Waals surface area contributed by atoms with Crippen LogP contribution < -0.4 is 5.32 Å². The number of ether oxygens (including phenoxy) is 1. The third kappa shape index (κ3) is 5.47. The molecule has 0 fully saturated rings. The Hall–Kier alpha value is -1.39. The summed E-state index contributed by atoms with van der Waals surface area (Å²) in [6, 6.07) is 4.91. The highest BCUT2D eigenvalue weighted by Gasteiger charge is 2.06. The lowest BCUT2D eigenvalue weighted by Crippen LogP contribution is -2.28. The van der Waals surface area contributed by atoms with Gasteiger partial charge in [0.1, 0.15) is 10.8 Å². The van der Waals surface area contributed by atoms with Gasteiger partial charge < -0.3 is 10.1 Å². The largest absolute Gasteiger partial charge is 0.375 e. The Morgan fingerprint density at radius 2 is 2.35 bits per heavy atom. The molecule has 1 amide bonds. The first-order valence-electron chi connectivity index (χ1n) is 5.22. The molecule has 0 aliphatic rings. The lowest BCUT2D eigenvalue weighted by molar-refractivity contribution is 0.0922. The van der Waals surface area contributed by atoms with Crippen molar-refractivity contribution < 1.29 is 9.53 Å². The molecule has 4 nitrogen and oxygen atoms in total. The number of rotatable bonds is 6. The molecule has 0 aliphatic carbocycles. The number of carbonyl (C=O) groups is 1. The van der Waals surface area contributed by atoms with E-state index in [1.165, 1.54) is 0 Å². The van der Waals surface area contributed by atoms with E-state index in [9.17, 15) is 4.79 Å². The molecule has 0 spiro atoms. The van der Waals surface area contributed by atoms with Crippen molar-refractivity contribution in [2.24, 2.45) is 0 Å². The van der Waals surface area contributed by atoms with Crippen LogP contribution in [-0.2, 0) is 4.74 Å². The zero-order valence-corrected chi connectivity index (χ0v) is 10.5. The quantitative estimate of drug-likeness (QED) is 0.480.